The standard InChI is InChI=1S/C19H9Cl2F9O2/c20-13-5-8(3-10(15(13)21)16(23)24)11(18(25,26)27)6-14(22)7-1-2-9(17(31)32)12(4-7)19(28,29)30/h1-6,11,16H,(H,31,32)/b14-6-. The predicted molar refractivity (Wildman–Crippen MR) is 97.7 cm³/mol. The number of hydrogen-bond donors (Lipinski definition) is 1. The van der Waals surface area contributed by atoms with E-state index in [1.165, 1.54) is 0 Å². The number of carboxylic acid groups (broad SMARTS) is 1. The minimum absolute atomic E-state index is 0.0299. The van der Waals surface area contributed by atoms with Crippen molar-refractivity contribution < 1.29 is 49.4 Å². The first-order valence-corrected chi connectivity index (χ1v) is 8.95. The molecule has 0 fully saturated rings. The summed E-state index contributed by atoms with van der Waals surface area (Å²) < 4.78 is 121. The Labute approximate surface area is 183 Å². The SMILES string of the molecule is O=C(O)c1ccc(/C(F)=C/C(c2cc(Cl)c(Cl)c(C(F)F)c2)C(F)(F)F)cc1C(F)(F)F. The number of aromatic carboxylic acids is 1. The van der Waals surface area contributed by atoms with Crippen LogP contribution in [0.3, 0.4) is 0 Å². The maximum absolute atomic E-state index is 14.6. The average Bonchev–Trinajstić information content (AvgIpc) is 2.65. The van der Waals surface area contributed by atoms with Gasteiger partial charge in [-0.05, 0) is 35.9 Å². The molecule has 0 aliphatic rings. The monoisotopic (exact) mass is 510 g/mol. The van der Waals surface area contributed by atoms with E-state index in [0.717, 1.165) is 0 Å². The van der Waals surface area contributed by atoms with Crippen molar-refractivity contribution in [3.8, 4) is 0 Å². The highest BCUT2D eigenvalue weighted by molar-refractivity contribution is 6.42. The van der Waals surface area contributed by atoms with E-state index in [-0.39, 0.29) is 12.1 Å². The van der Waals surface area contributed by atoms with Crippen LogP contribution in [0.1, 0.15) is 45.0 Å². The van der Waals surface area contributed by atoms with Gasteiger partial charge in [0.05, 0.1) is 21.2 Å². The number of allylic oxidation sites excluding steroid dienone is 1. The Morgan fingerprint density at radius 1 is 1.00 bits per heavy atom. The Bertz CT molecular complexity index is 1060. The maximum Gasteiger partial charge on any atom is 0.417 e. The second kappa shape index (κ2) is 9.22. The lowest BCUT2D eigenvalue weighted by molar-refractivity contribution is -0.140. The van der Waals surface area contributed by atoms with Gasteiger partial charge in [-0.2, -0.15) is 26.3 Å². The minimum Gasteiger partial charge on any atom is -0.478 e. The number of hydrogen-bond acceptors (Lipinski definition) is 1. The quantitative estimate of drug-likeness (QED) is 0.410. The molecule has 2 aromatic rings. The largest absolute Gasteiger partial charge is 0.478 e. The first-order chi connectivity index (χ1) is 14.5. The molecule has 1 unspecified atom stereocenters. The number of carboxylic acids is 1. The van der Waals surface area contributed by atoms with Gasteiger partial charge in [-0.25, -0.2) is 18.0 Å². The molecule has 13 heteroatoms. The molecule has 0 amide bonds. The molecule has 0 spiro atoms. The molecule has 1 atom stereocenters. The van der Waals surface area contributed by atoms with Crippen molar-refractivity contribution in [2.75, 3.05) is 0 Å². The van der Waals surface area contributed by atoms with Crippen molar-refractivity contribution in [1.29, 1.82) is 0 Å². The van der Waals surface area contributed by atoms with E-state index in [2.05, 4.69) is 0 Å². The lowest BCUT2D eigenvalue weighted by Gasteiger charge is -2.20. The van der Waals surface area contributed by atoms with Crippen LogP contribution in [-0.4, -0.2) is 17.3 Å². The van der Waals surface area contributed by atoms with E-state index in [1.54, 1.807) is 0 Å². The van der Waals surface area contributed by atoms with E-state index >= 15 is 0 Å². The molecule has 0 saturated carbocycles. The van der Waals surface area contributed by atoms with Gasteiger partial charge in [0.25, 0.3) is 6.43 Å². The van der Waals surface area contributed by atoms with E-state index < -0.39 is 74.4 Å². The minimum atomic E-state index is -5.26. The normalized spacial score (nSPS) is 14.1. The Morgan fingerprint density at radius 2 is 1.59 bits per heavy atom. The first-order valence-electron chi connectivity index (χ1n) is 8.20. The van der Waals surface area contributed by atoms with Crippen molar-refractivity contribution in [2.45, 2.75) is 24.7 Å². The van der Waals surface area contributed by atoms with Crippen molar-refractivity contribution in [2.24, 2.45) is 0 Å². The molecule has 0 saturated heterocycles. The Morgan fingerprint density at radius 3 is 2.06 bits per heavy atom. The molecule has 2 nitrogen and oxygen atoms in total. The summed E-state index contributed by atoms with van der Waals surface area (Å²) in [4.78, 5) is 10.9. The summed E-state index contributed by atoms with van der Waals surface area (Å²) in [7, 11) is 0. The van der Waals surface area contributed by atoms with Gasteiger partial charge in [-0.15, -0.1) is 0 Å². The smallest absolute Gasteiger partial charge is 0.417 e. The molecule has 174 valence electrons. The molecule has 0 heterocycles. The Balaban J connectivity index is 2.66. The van der Waals surface area contributed by atoms with Crippen LogP contribution in [0.25, 0.3) is 5.83 Å². The van der Waals surface area contributed by atoms with Crippen molar-refractivity contribution in [3.63, 3.8) is 0 Å². The van der Waals surface area contributed by atoms with E-state index in [1.807, 2.05) is 0 Å². The van der Waals surface area contributed by atoms with Gasteiger partial charge in [0.15, 0.2) is 0 Å². The summed E-state index contributed by atoms with van der Waals surface area (Å²) in [6.45, 7) is 0. The van der Waals surface area contributed by atoms with Gasteiger partial charge in [0.1, 0.15) is 11.7 Å². The molecule has 0 radical (unpaired) electrons. The lowest BCUT2D eigenvalue weighted by atomic mass is 9.94. The molecule has 1 N–H and O–H groups in total. The predicted octanol–water partition coefficient (Wildman–Crippen LogP) is 8.30. The fourth-order valence-corrected chi connectivity index (χ4v) is 3.13. The number of rotatable bonds is 5. The van der Waals surface area contributed by atoms with Crippen molar-refractivity contribution in [1.82, 2.24) is 0 Å². The summed E-state index contributed by atoms with van der Waals surface area (Å²) in [6.07, 6.45) is -14.0. The van der Waals surface area contributed by atoms with E-state index in [4.69, 9.17) is 28.3 Å². The van der Waals surface area contributed by atoms with Gasteiger partial charge in [0, 0.05) is 11.1 Å². The topological polar surface area (TPSA) is 37.3 Å². The third-order valence-electron chi connectivity index (χ3n) is 4.17. The Kier molecular flexibility index (Phi) is 7.45. The van der Waals surface area contributed by atoms with Gasteiger partial charge < -0.3 is 5.11 Å². The lowest BCUT2D eigenvalue weighted by Crippen LogP contribution is -2.19. The summed E-state index contributed by atoms with van der Waals surface area (Å²) in [5.41, 5.74) is -6.03. The first kappa shape index (κ1) is 25.9. The second-order valence-electron chi connectivity index (χ2n) is 6.30. The molecule has 32 heavy (non-hydrogen) atoms. The summed E-state index contributed by atoms with van der Waals surface area (Å²) >= 11 is 11.1. The van der Waals surface area contributed by atoms with Gasteiger partial charge in [0.2, 0.25) is 0 Å². The van der Waals surface area contributed by atoms with Crippen LogP contribution in [-0.2, 0) is 6.18 Å². The molecule has 2 rings (SSSR count). The zero-order valence-corrected chi connectivity index (χ0v) is 16.6. The zero-order valence-electron chi connectivity index (χ0n) is 15.1. The molecule has 0 aliphatic heterocycles. The number of carbonyl (C=O) groups is 1. The highest BCUT2D eigenvalue weighted by atomic mass is 35.5. The third kappa shape index (κ3) is 5.69. The maximum atomic E-state index is 14.6. The molecular weight excluding hydrogens is 502 g/mol. The summed E-state index contributed by atoms with van der Waals surface area (Å²) in [6, 6.07) is 1.88. The van der Waals surface area contributed by atoms with Gasteiger partial charge >= 0.3 is 18.3 Å². The van der Waals surface area contributed by atoms with Crippen LogP contribution in [0.5, 0.6) is 0 Å². The highest BCUT2D eigenvalue weighted by Crippen LogP contribution is 2.43. The molecule has 0 bridgehead atoms. The van der Waals surface area contributed by atoms with Crippen molar-refractivity contribution in [3.05, 3.63) is 74.3 Å². The van der Waals surface area contributed by atoms with Crippen LogP contribution in [0.4, 0.5) is 39.5 Å². The highest BCUT2D eigenvalue weighted by Gasteiger charge is 2.41. The fraction of sp³-hybridized carbons (Fsp3) is 0.211. The fourth-order valence-electron chi connectivity index (χ4n) is 2.71. The van der Waals surface area contributed by atoms with Crippen LogP contribution < -0.4 is 0 Å². The second-order valence-corrected chi connectivity index (χ2v) is 7.09. The number of alkyl halides is 8. The van der Waals surface area contributed by atoms with Crippen LogP contribution >= 0.6 is 23.2 Å². The van der Waals surface area contributed by atoms with E-state index in [9.17, 15) is 44.3 Å². The van der Waals surface area contributed by atoms with Crippen LogP contribution in [0, 0.1) is 0 Å². The molecular formula is C19H9Cl2F9O2. The molecule has 2 aromatic carbocycles. The number of benzene rings is 2. The summed E-state index contributed by atoms with van der Waals surface area (Å²) in [5.74, 6) is -6.68. The summed E-state index contributed by atoms with van der Waals surface area (Å²) in [5, 5.41) is 7.45. The Hall–Kier alpha value is -2.40. The van der Waals surface area contributed by atoms with Gasteiger partial charge in [-0.1, -0.05) is 29.3 Å². The number of halogens is 11. The van der Waals surface area contributed by atoms with Crippen LogP contribution in [0.15, 0.2) is 36.4 Å². The third-order valence-corrected chi connectivity index (χ3v) is 4.99. The zero-order chi connectivity index (χ0) is 24.6. The van der Waals surface area contributed by atoms with Crippen molar-refractivity contribution >= 4 is 35.0 Å². The molecule has 0 aliphatic carbocycles. The average molecular weight is 511 g/mol. The molecule has 0 aromatic heterocycles. The van der Waals surface area contributed by atoms with Crippen LogP contribution in [0.2, 0.25) is 10.0 Å². The van der Waals surface area contributed by atoms with E-state index in [0.29, 0.717) is 24.3 Å². The van der Waals surface area contributed by atoms with Gasteiger partial charge in [-0.3, -0.25) is 0 Å².